The summed E-state index contributed by atoms with van der Waals surface area (Å²) in [5.41, 5.74) is 2.52. The van der Waals surface area contributed by atoms with Crippen LogP contribution in [-0.4, -0.2) is 32.1 Å². The van der Waals surface area contributed by atoms with Crippen LogP contribution in [0.3, 0.4) is 0 Å². The fraction of sp³-hybridized carbons (Fsp3) is 0.381. The molecule has 5 heteroatoms. The fourth-order valence-corrected chi connectivity index (χ4v) is 3.73. The molecule has 1 aromatic rings. The first-order chi connectivity index (χ1) is 12.7. The molecule has 0 saturated carbocycles. The van der Waals surface area contributed by atoms with Gasteiger partial charge in [-0.25, -0.2) is 4.58 Å². The molecule has 1 unspecified atom stereocenters. The Morgan fingerprint density at radius 1 is 1.15 bits per heavy atom. The van der Waals surface area contributed by atoms with Gasteiger partial charge in [-0.05, 0) is 25.1 Å². The van der Waals surface area contributed by atoms with Gasteiger partial charge < -0.3 is 19.0 Å². The quantitative estimate of drug-likeness (QED) is 0.444. The van der Waals surface area contributed by atoms with Crippen molar-refractivity contribution < 1.29 is 19.0 Å². The SMILES string of the molecule is COCOc1ccc2c(C(C)O)c3ccc(=[N+]4CCCC4)cc-3oc2c1. The predicted molar refractivity (Wildman–Crippen MR) is 100 cm³/mol. The Bertz CT molecular complexity index is 965. The standard InChI is InChI=1S/C21H24NO4/c1-14(23)21-17-7-5-15(22-9-3-4-10-22)11-19(17)26-20-12-16(25-13-24-2)6-8-18(20)21/h5-8,11-12,14,23H,3-4,9-10,13H2,1-2H3/q+1. The van der Waals surface area contributed by atoms with Gasteiger partial charge in [0.25, 0.3) is 0 Å². The van der Waals surface area contributed by atoms with E-state index in [1.807, 2.05) is 18.2 Å². The van der Waals surface area contributed by atoms with Crippen LogP contribution in [0.2, 0.25) is 0 Å². The molecule has 0 bridgehead atoms. The molecule has 26 heavy (non-hydrogen) atoms. The summed E-state index contributed by atoms with van der Waals surface area (Å²) < 4.78 is 19.1. The third kappa shape index (κ3) is 3.08. The maximum absolute atomic E-state index is 10.4. The highest BCUT2D eigenvalue weighted by Crippen LogP contribution is 2.37. The van der Waals surface area contributed by atoms with Crippen molar-refractivity contribution in [2.45, 2.75) is 25.9 Å². The van der Waals surface area contributed by atoms with E-state index in [1.54, 1.807) is 14.0 Å². The van der Waals surface area contributed by atoms with E-state index in [1.165, 1.54) is 18.2 Å². The lowest BCUT2D eigenvalue weighted by Gasteiger charge is -2.17. The molecule has 0 radical (unpaired) electrons. The zero-order valence-electron chi connectivity index (χ0n) is 15.2. The fourth-order valence-electron chi connectivity index (χ4n) is 3.73. The van der Waals surface area contributed by atoms with Gasteiger partial charge in [0.1, 0.15) is 30.2 Å². The molecule has 2 aliphatic heterocycles. The smallest absolute Gasteiger partial charge is 0.203 e. The Balaban J connectivity index is 1.95. The van der Waals surface area contributed by atoms with Crippen LogP contribution in [0, 0.1) is 0 Å². The van der Waals surface area contributed by atoms with Gasteiger partial charge in [0.15, 0.2) is 6.79 Å². The Morgan fingerprint density at radius 3 is 2.69 bits per heavy atom. The second-order valence-corrected chi connectivity index (χ2v) is 6.78. The average molecular weight is 354 g/mol. The number of hydrogen-bond donors (Lipinski definition) is 1. The van der Waals surface area contributed by atoms with Crippen LogP contribution in [0.4, 0.5) is 0 Å². The third-order valence-electron chi connectivity index (χ3n) is 4.95. The number of nitrogens with zero attached hydrogens (tertiary/aromatic N) is 1. The molecule has 5 nitrogen and oxygen atoms in total. The second-order valence-electron chi connectivity index (χ2n) is 6.78. The monoisotopic (exact) mass is 354 g/mol. The number of rotatable bonds is 4. The van der Waals surface area contributed by atoms with Crippen molar-refractivity contribution in [3.63, 3.8) is 0 Å². The first-order valence-electron chi connectivity index (χ1n) is 9.05. The molecule has 0 spiro atoms. The summed E-state index contributed by atoms with van der Waals surface area (Å²) in [4.78, 5) is 0. The summed E-state index contributed by atoms with van der Waals surface area (Å²) in [5, 5.41) is 12.5. The van der Waals surface area contributed by atoms with Gasteiger partial charge in [-0.1, -0.05) is 0 Å². The van der Waals surface area contributed by atoms with Crippen molar-refractivity contribution in [3.8, 4) is 17.1 Å². The number of aliphatic hydroxyl groups excluding tert-OH is 1. The van der Waals surface area contributed by atoms with Crippen molar-refractivity contribution in [2.75, 3.05) is 27.0 Å². The summed E-state index contributed by atoms with van der Waals surface area (Å²) in [5.74, 6) is 1.45. The second kappa shape index (κ2) is 7.09. The molecule has 1 fully saturated rings. The maximum atomic E-state index is 10.4. The number of hydrogen-bond acceptors (Lipinski definition) is 4. The Kier molecular flexibility index (Phi) is 4.66. The lowest BCUT2D eigenvalue weighted by molar-refractivity contribution is 0.0512. The van der Waals surface area contributed by atoms with Gasteiger partial charge in [-0.2, -0.15) is 0 Å². The van der Waals surface area contributed by atoms with Gasteiger partial charge in [-0.3, -0.25) is 0 Å². The Morgan fingerprint density at radius 2 is 1.96 bits per heavy atom. The molecule has 3 aliphatic rings. The molecule has 0 amide bonds. The Labute approximate surface area is 152 Å². The van der Waals surface area contributed by atoms with E-state index in [4.69, 9.17) is 13.9 Å². The minimum Gasteiger partial charge on any atom is -0.467 e. The molecular formula is C21H24NO4+. The topological polar surface area (TPSA) is 54.8 Å². The van der Waals surface area contributed by atoms with Crippen molar-refractivity contribution >= 4 is 11.0 Å². The van der Waals surface area contributed by atoms with Crippen molar-refractivity contribution in [2.24, 2.45) is 0 Å². The van der Waals surface area contributed by atoms with Crippen LogP contribution >= 0.6 is 0 Å². The predicted octanol–water partition coefficient (Wildman–Crippen LogP) is 3.14. The number of methoxy groups -OCH3 is 1. The summed E-state index contributed by atoms with van der Waals surface area (Å²) in [6, 6.07) is 11.9. The minimum atomic E-state index is -0.597. The summed E-state index contributed by atoms with van der Waals surface area (Å²) in [6.45, 7) is 4.13. The minimum absolute atomic E-state index is 0.182. The van der Waals surface area contributed by atoms with Gasteiger partial charge >= 0.3 is 0 Å². The van der Waals surface area contributed by atoms with Gasteiger partial charge in [0.05, 0.1) is 12.2 Å². The maximum Gasteiger partial charge on any atom is 0.203 e. The number of ether oxygens (including phenoxy) is 2. The summed E-state index contributed by atoms with van der Waals surface area (Å²) in [7, 11) is 1.59. The number of fused-ring (bicyclic) bond motifs is 2. The highest BCUT2D eigenvalue weighted by molar-refractivity contribution is 5.89. The molecule has 2 heterocycles. The molecule has 1 atom stereocenters. The van der Waals surface area contributed by atoms with E-state index >= 15 is 0 Å². The molecule has 1 aliphatic carbocycles. The zero-order valence-corrected chi connectivity index (χ0v) is 15.2. The third-order valence-corrected chi connectivity index (χ3v) is 4.95. The normalized spacial score (nSPS) is 15.7. The molecular weight excluding hydrogens is 330 g/mol. The van der Waals surface area contributed by atoms with Crippen molar-refractivity contribution in [1.29, 1.82) is 0 Å². The molecule has 0 aromatic heterocycles. The largest absolute Gasteiger partial charge is 0.467 e. The Hall–Kier alpha value is -2.37. The van der Waals surface area contributed by atoms with E-state index in [2.05, 4.69) is 22.8 Å². The molecule has 1 aromatic carbocycles. The van der Waals surface area contributed by atoms with Crippen LogP contribution in [0.5, 0.6) is 5.75 Å². The van der Waals surface area contributed by atoms with E-state index in [-0.39, 0.29) is 6.79 Å². The lowest BCUT2D eigenvalue weighted by Crippen LogP contribution is -2.26. The summed E-state index contributed by atoms with van der Waals surface area (Å²) >= 11 is 0. The first-order valence-corrected chi connectivity index (χ1v) is 9.05. The highest BCUT2D eigenvalue weighted by atomic mass is 16.7. The molecule has 136 valence electrons. The van der Waals surface area contributed by atoms with E-state index in [9.17, 15) is 5.11 Å². The van der Waals surface area contributed by atoms with Crippen LogP contribution in [0.25, 0.3) is 22.3 Å². The van der Waals surface area contributed by atoms with E-state index < -0.39 is 6.10 Å². The first kappa shape index (κ1) is 17.1. The number of aliphatic hydroxyl groups is 1. The van der Waals surface area contributed by atoms with E-state index in [0.29, 0.717) is 11.3 Å². The van der Waals surface area contributed by atoms with Crippen LogP contribution < -0.4 is 14.7 Å². The van der Waals surface area contributed by atoms with E-state index in [0.717, 1.165) is 35.4 Å². The van der Waals surface area contributed by atoms with Crippen molar-refractivity contribution in [1.82, 2.24) is 4.58 Å². The van der Waals surface area contributed by atoms with Crippen LogP contribution in [0.1, 0.15) is 31.4 Å². The lowest BCUT2D eigenvalue weighted by atomic mass is 9.96. The van der Waals surface area contributed by atoms with Gasteiger partial charge in [-0.15, -0.1) is 0 Å². The van der Waals surface area contributed by atoms with Gasteiger partial charge in [0, 0.05) is 48.6 Å². The van der Waals surface area contributed by atoms with Gasteiger partial charge in [0.2, 0.25) is 5.36 Å². The van der Waals surface area contributed by atoms with Crippen LogP contribution in [-0.2, 0) is 4.74 Å². The average Bonchev–Trinajstić information content (AvgIpc) is 3.18. The molecule has 4 rings (SSSR count). The molecule has 1 saturated heterocycles. The zero-order chi connectivity index (χ0) is 18.1. The number of benzene rings is 2. The van der Waals surface area contributed by atoms with Crippen LogP contribution in [0.15, 0.2) is 40.8 Å². The highest BCUT2D eigenvalue weighted by Gasteiger charge is 2.21. The summed E-state index contributed by atoms with van der Waals surface area (Å²) in [6.07, 6.45) is 1.86. The van der Waals surface area contributed by atoms with Crippen molar-refractivity contribution in [3.05, 3.63) is 47.3 Å². The molecule has 1 N–H and O–H groups in total.